The standard InChI is InChI=1S/C12H15NO5.C12H17NO4.C10H18O3.C10H16O3.C9H14O.C8H12O4.C8H16O2.C5H9N2O4P.C3H5NO4.CH4/c1-17-12(16)9-6-10(18-13-9)7-2-4-8(5-3-7)11(14)15;1-16-12(15)10-6-11(17-13-10)9-4-2-8(7-14)3-5-9;2*1-8(12)13-7-10-4-2-9(6-11)3-5-10;1-2-8-3-5-9(7-10)6-4-8;9-7(10)5-1-2-6(4-3-5)8(11)12;9-5-7-1-2-8(6-10)4-3-7;1-4(8)5(7-6)12(9,10-2)11-3;1-8-3(5)2-4(6)7;/h6-8H,2-5H2,1H3,(H,14,15);6,8-9,14H,2-5,7H2,1H3;9-11H,2-7H2,1H3;6,9-10H,2-5,7H2,1H3;1,8-10H,3-7H2;5-6H,1-4H2,(H,9,10)(H,11,12);7-10H,1-6H2;1-3H3;2H2,1H3;1H4. The number of esters is 5. The maximum Gasteiger partial charge on any atom is 0.446 e. The van der Waals surface area contributed by atoms with Gasteiger partial charge >= 0.3 is 60.8 Å². The summed E-state index contributed by atoms with van der Waals surface area (Å²) in [5.74, 6) is 2.69. The Balaban J connectivity index is 0.00000127. The van der Waals surface area contributed by atoms with Crippen molar-refractivity contribution in [2.75, 3.05) is 88.3 Å². The summed E-state index contributed by atoms with van der Waals surface area (Å²) in [4.78, 5) is 118. The molecule has 7 fully saturated rings. The monoisotopic (exact) mass is 1640 g/mol. The minimum Gasteiger partial charge on any atom is -0.481 e. The Morgan fingerprint density at radius 2 is 0.825 bits per heavy atom. The first kappa shape index (κ1) is 106. The Kier molecular flexibility index (Phi) is 56.0. The van der Waals surface area contributed by atoms with Crippen molar-refractivity contribution in [1.29, 1.82) is 0 Å². The molecule has 35 nitrogen and oxygen atoms in total. The number of nitrogens with zero attached hydrogens (tertiary/aromatic N) is 5. The number of ether oxygens (including phenoxy) is 5. The molecule has 7 saturated carbocycles. The number of rotatable bonds is 23. The van der Waals surface area contributed by atoms with Gasteiger partial charge in [0.2, 0.25) is 5.78 Å². The minimum absolute atomic E-state index is 0. The van der Waals surface area contributed by atoms with Crippen LogP contribution in [-0.4, -0.2) is 214 Å². The Hall–Kier alpha value is -8.19. The number of nitro groups is 1. The second-order valence-corrected chi connectivity index (χ2v) is 31.2. The number of Topliss-reactive ketones (excluding diaryl/α,β-unsaturated/α-hetero) is 1. The zero-order chi connectivity index (χ0) is 85.0. The van der Waals surface area contributed by atoms with Gasteiger partial charge in [0.15, 0.2) is 11.4 Å². The highest BCUT2D eigenvalue weighted by molar-refractivity contribution is 7.74. The topological polar surface area (TPSA) is 546 Å². The Labute approximate surface area is 667 Å². The molecule has 8 N–H and O–H groups in total. The van der Waals surface area contributed by atoms with E-state index in [4.69, 9.17) is 71.3 Å². The quantitative estimate of drug-likeness (QED) is 0.00489. The molecule has 0 spiro atoms. The van der Waals surface area contributed by atoms with Crippen molar-refractivity contribution < 1.29 is 145 Å². The predicted octanol–water partition coefficient (Wildman–Crippen LogP) is 10.4. The highest BCUT2D eigenvalue weighted by Gasteiger charge is 2.42. The maximum atomic E-state index is 11.4. The molecule has 0 radical (unpaired) electrons. The van der Waals surface area contributed by atoms with Crippen molar-refractivity contribution >= 4 is 72.9 Å². The molecule has 0 saturated heterocycles. The summed E-state index contributed by atoms with van der Waals surface area (Å²) in [5.41, 5.74) is 8.11. The summed E-state index contributed by atoms with van der Waals surface area (Å²) < 4.78 is 53.5. The maximum absolute atomic E-state index is 11.4. The van der Waals surface area contributed by atoms with E-state index in [1.54, 1.807) is 12.1 Å². The molecule has 2 aromatic rings. The normalized spacial score (nSPS) is 24.6. The molecule has 0 aromatic carbocycles. The van der Waals surface area contributed by atoms with Crippen molar-refractivity contribution in [3.63, 3.8) is 0 Å². The Morgan fingerprint density at radius 3 is 1.06 bits per heavy atom. The number of methoxy groups -OCH3 is 3. The molecular formula is C78H126N5O30P. The van der Waals surface area contributed by atoms with Crippen LogP contribution in [0, 0.1) is 93.5 Å². The highest BCUT2D eigenvalue weighted by Crippen LogP contribution is 2.47. The molecule has 114 heavy (non-hydrogen) atoms. The van der Waals surface area contributed by atoms with Gasteiger partial charge in [-0.15, -0.1) is 12.3 Å². The van der Waals surface area contributed by atoms with Gasteiger partial charge in [0, 0.05) is 109 Å². The largest absolute Gasteiger partial charge is 0.481 e. The predicted molar refractivity (Wildman–Crippen MR) is 410 cm³/mol. The lowest BCUT2D eigenvalue weighted by Crippen LogP contribution is -2.25. The molecule has 0 bridgehead atoms. The fourth-order valence-electron chi connectivity index (χ4n) is 13.6. The number of aldehydes is 1. The molecule has 9 rings (SSSR count). The van der Waals surface area contributed by atoms with Crippen LogP contribution in [0.15, 0.2) is 21.2 Å². The van der Waals surface area contributed by atoms with Crippen LogP contribution in [0.3, 0.4) is 0 Å². The van der Waals surface area contributed by atoms with Gasteiger partial charge in [-0.3, -0.25) is 38.9 Å². The lowest BCUT2D eigenvalue weighted by atomic mass is 9.81. The van der Waals surface area contributed by atoms with Gasteiger partial charge in [0.25, 0.3) is 6.54 Å². The highest BCUT2D eigenvalue weighted by atomic mass is 31.2. The molecule has 0 atom stereocenters. The number of aliphatic hydroxyl groups excluding tert-OH is 5. The average molecular weight is 1640 g/mol. The van der Waals surface area contributed by atoms with E-state index in [0.717, 1.165) is 182 Å². The van der Waals surface area contributed by atoms with Crippen molar-refractivity contribution in [3.05, 3.63) is 50.7 Å². The van der Waals surface area contributed by atoms with E-state index in [2.05, 4.69) is 44.3 Å². The first-order valence-corrected chi connectivity index (χ1v) is 40.0. The fourth-order valence-corrected chi connectivity index (χ4v) is 14.6. The van der Waals surface area contributed by atoms with E-state index in [1.807, 2.05) is 0 Å². The second-order valence-electron chi connectivity index (χ2n) is 29.0. The van der Waals surface area contributed by atoms with Crippen molar-refractivity contribution in [2.45, 2.75) is 220 Å². The molecular weight excluding hydrogens is 1520 g/mol. The number of carbonyl (C=O) groups is 10. The number of aliphatic carboxylic acids is 3. The van der Waals surface area contributed by atoms with Crippen LogP contribution in [0.2, 0.25) is 0 Å². The number of hydrogen-bond donors (Lipinski definition) is 8. The minimum atomic E-state index is -3.70. The van der Waals surface area contributed by atoms with Crippen LogP contribution in [0.4, 0.5) is 0 Å². The number of carbonyl (C=O) groups excluding carboxylic acids is 7. The number of carboxylic acid groups (broad SMARTS) is 3. The lowest BCUT2D eigenvalue weighted by Gasteiger charge is -2.26. The third kappa shape index (κ3) is 43.0. The molecule has 2 aromatic heterocycles. The van der Waals surface area contributed by atoms with E-state index in [9.17, 15) is 62.6 Å². The van der Waals surface area contributed by atoms with Crippen molar-refractivity contribution in [1.82, 2.24) is 10.3 Å². The third-order valence-electron chi connectivity index (χ3n) is 21.1. The smallest absolute Gasteiger partial charge is 0.446 e. The van der Waals surface area contributed by atoms with Gasteiger partial charge in [-0.1, -0.05) is 17.7 Å². The van der Waals surface area contributed by atoms with Gasteiger partial charge in [0.05, 0.1) is 52.3 Å². The van der Waals surface area contributed by atoms with Crippen LogP contribution in [0.25, 0.3) is 5.53 Å². The second kappa shape index (κ2) is 60.3. The Morgan fingerprint density at radius 1 is 0.526 bits per heavy atom. The Bertz CT molecular complexity index is 3230. The van der Waals surface area contributed by atoms with E-state index < -0.39 is 66.1 Å². The number of ketones is 1. The molecule has 0 amide bonds. The zero-order valence-electron chi connectivity index (χ0n) is 66.6. The number of terminal acetylenes is 1. The van der Waals surface area contributed by atoms with Crippen LogP contribution in [0.5, 0.6) is 0 Å². The fraction of sp³-hybridized carbons (Fsp3) is 0.756. The van der Waals surface area contributed by atoms with E-state index >= 15 is 0 Å². The summed E-state index contributed by atoms with van der Waals surface area (Å²) in [6.07, 6.45) is 32.1. The van der Waals surface area contributed by atoms with Gasteiger partial charge in [-0.25, -0.2) is 18.9 Å². The summed E-state index contributed by atoms with van der Waals surface area (Å²) in [7, 11) is 2.21. The van der Waals surface area contributed by atoms with E-state index in [0.29, 0.717) is 137 Å². The van der Waals surface area contributed by atoms with Crippen molar-refractivity contribution in [2.24, 2.45) is 71.0 Å². The first-order valence-electron chi connectivity index (χ1n) is 38.5. The van der Waals surface area contributed by atoms with Gasteiger partial charge in [-0.05, 0) is 221 Å². The van der Waals surface area contributed by atoms with Gasteiger partial charge in [-0.2, -0.15) is 4.79 Å². The van der Waals surface area contributed by atoms with E-state index in [-0.39, 0.29) is 66.9 Å². The summed E-state index contributed by atoms with van der Waals surface area (Å²) >= 11 is 0. The number of aliphatic hydroxyl groups is 5. The van der Waals surface area contributed by atoms with Crippen LogP contribution >= 0.6 is 7.60 Å². The first-order chi connectivity index (χ1) is 53.8. The number of hydrogen-bond acceptors (Lipinski definition) is 29. The van der Waals surface area contributed by atoms with Crippen LogP contribution < -0.4 is 0 Å². The summed E-state index contributed by atoms with van der Waals surface area (Å²) in [6, 6.07) is 3.24. The molecule has 0 aliphatic heterocycles. The molecule has 2 heterocycles. The summed E-state index contributed by atoms with van der Waals surface area (Å²) in [5, 5.41) is 87.3. The number of aromatic nitrogens is 2. The van der Waals surface area contributed by atoms with E-state index in [1.165, 1.54) is 28.1 Å². The molecule has 648 valence electrons. The third-order valence-corrected chi connectivity index (χ3v) is 23.0. The molecule has 7 aliphatic rings. The average Bonchev–Trinajstić information content (AvgIpc) is 1.55. The van der Waals surface area contributed by atoms with Gasteiger partial charge < -0.3 is 93.0 Å². The summed E-state index contributed by atoms with van der Waals surface area (Å²) in [6.45, 7) is 5.88. The SMILES string of the molecule is C.C#CC1CCC(CO)CC1.CC(=O)OCC1CCC(C=O)CC1.CC(=O)OCC1CCC(CO)CC1.COC(=O)C[N+](=O)[O-].COC(=O)c1cc(C2CCC(C(=O)O)CC2)on1.COC(=O)c1cc(C2CCC(CO)CC2)on1.COP(=O)(OC)C(=[N+]=[N-])C(C)=O.O=C(O)C1CCC(C(=O)O)CC1.OCC1CCC(CO)CC1. The molecule has 36 heteroatoms. The molecule has 7 aliphatic carbocycles. The zero-order valence-corrected chi connectivity index (χ0v) is 67.5. The van der Waals surface area contributed by atoms with Crippen LogP contribution in [0.1, 0.15) is 252 Å². The lowest BCUT2D eigenvalue weighted by molar-refractivity contribution is -0.470. The molecule has 0 unspecified atom stereocenters. The van der Waals surface area contributed by atoms with Crippen molar-refractivity contribution in [3.8, 4) is 12.3 Å². The van der Waals surface area contributed by atoms with Crippen LogP contribution in [-0.2, 0) is 75.7 Å². The number of carboxylic acids is 3. The van der Waals surface area contributed by atoms with Gasteiger partial charge in [0.1, 0.15) is 17.8 Å².